The Morgan fingerprint density at radius 1 is 1.29 bits per heavy atom. The molecule has 5 rings (SSSR count). The van der Waals surface area contributed by atoms with Crippen LogP contribution in [-0.4, -0.2) is 36.0 Å². The summed E-state index contributed by atoms with van der Waals surface area (Å²) in [6, 6.07) is 10.1. The van der Waals surface area contributed by atoms with Crippen molar-refractivity contribution in [3.8, 4) is 17.5 Å². The van der Waals surface area contributed by atoms with Crippen LogP contribution in [0.5, 0.6) is 0 Å². The summed E-state index contributed by atoms with van der Waals surface area (Å²) in [6.07, 6.45) is 7.23. The minimum atomic E-state index is -0.215. The molecular weight excluding hydrogens is 450 g/mol. The Hall–Kier alpha value is -3.84. The van der Waals surface area contributed by atoms with Gasteiger partial charge in [0.25, 0.3) is 0 Å². The monoisotopic (exact) mass is 473 g/mol. The van der Waals surface area contributed by atoms with Crippen LogP contribution in [0.1, 0.15) is 41.5 Å². The van der Waals surface area contributed by atoms with Crippen molar-refractivity contribution in [2.45, 2.75) is 44.4 Å². The Kier molecular flexibility index (Phi) is 5.94. The number of amides is 1. The van der Waals surface area contributed by atoms with Gasteiger partial charge in [0.2, 0.25) is 5.91 Å². The highest BCUT2D eigenvalue weighted by Gasteiger charge is 2.30. The van der Waals surface area contributed by atoms with Crippen molar-refractivity contribution in [1.82, 2.24) is 24.3 Å². The first-order valence-corrected chi connectivity index (χ1v) is 12.0. The summed E-state index contributed by atoms with van der Waals surface area (Å²) in [5.41, 5.74) is 3.11. The predicted octanol–water partition coefficient (Wildman–Crippen LogP) is 4.34. The minimum Gasteiger partial charge on any atom is -0.467 e. The lowest BCUT2D eigenvalue weighted by atomic mass is 10.2. The van der Waals surface area contributed by atoms with Gasteiger partial charge in [0, 0.05) is 29.7 Å². The molecule has 9 nitrogen and oxygen atoms in total. The molecule has 0 spiro atoms. The third-order valence-electron chi connectivity index (χ3n) is 5.92. The zero-order chi connectivity index (χ0) is 23.7. The Bertz CT molecular complexity index is 1360. The van der Waals surface area contributed by atoms with E-state index in [-0.39, 0.29) is 11.7 Å². The van der Waals surface area contributed by atoms with E-state index >= 15 is 0 Å². The number of pyridine rings is 1. The Morgan fingerprint density at radius 3 is 2.82 bits per heavy atom. The standard InChI is InChI=1S/C24H23N7O2S/c1-15-16(2)30(13-19-6-4-10-33-19)23(20(15)11-25)27-21(32)14-34-24-29-28-22(31(24)18-7-8-18)17-5-3-9-26-12-17/h3-6,9-10,12,18H,7-8,13-14H2,1-2H3,(H,27,32). The summed E-state index contributed by atoms with van der Waals surface area (Å²) in [7, 11) is 0. The molecule has 0 bridgehead atoms. The van der Waals surface area contributed by atoms with Gasteiger partial charge in [-0.1, -0.05) is 11.8 Å². The van der Waals surface area contributed by atoms with Crippen LogP contribution in [0.2, 0.25) is 0 Å². The largest absolute Gasteiger partial charge is 0.467 e. The molecule has 172 valence electrons. The lowest BCUT2D eigenvalue weighted by molar-refractivity contribution is -0.113. The molecule has 0 atom stereocenters. The second kappa shape index (κ2) is 9.19. The van der Waals surface area contributed by atoms with Crippen LogP contribution >= 0.6 is 11.8 Å². The van der Waals surface area contributed by atoms with Crippen LogP contribution in [0.4, 0.5) is 5.82 Å². The van der Waals surface area contributed by atoms with E-state index in [0.717, 1.165) is 41.2 Å². The van der Waals surface area contributed by atoms with Gasteiger partial charge in [0.15, 0.2) is 11.0 Å². The molecule has 1 aliphatic carbocycles. The first-order chi connectivity index (χ1) is 16.6. The predicted molar refractivity (Wildman–Crippen MR) is 127 cm³/mol. The number of aromatic nitrogens is 5. The maximum absolute atomic E-state index is 13.0. The van der Waals surface area contributed by atoms with Crippen molar-refractivity contribution in [2.24, 2.45) is 0 Å². The fourth-order valence-electron chi connectivity index (χ4n) is 3.91. The molecule has 1 aliphatic rings. The van der Waals surface area contributed by atoms with Crippen LogP contribution in [0.3, 0.4) is 0 Å². The molecule has 0 aromatic carbocycles. The fraction of sp³-hybridized carbons (Fsp3) is 0.292. The van der Waals surface area contributed by atoms with E-state index in [1.165, 1.54) is 11.8 Å². The normalized spacial score (nSPS) is 13.1. The van der Waals surface area contributed by atoms with Crippen molar-refractivity contribution >= 4 is 23.5 Å². The number of nitriles is 1. The van der Waals surface area contributed by atoms with Crippen LogP contribution in [-0.2, 0) is 11.3 Å². The highest BCUT2D eigenvalue weighted by molar-refractivity contribution is 7.99. The van der Waals surface area contributed by atoms with E-state index in [4.69, 9.17) is 4.42 Å². The fourth-order valence-corrected chi connectivity index (χ4v) is 4.72. The third kappa shape index (κ3) is 4.22. The Balaban J connectivity index is 1.35. The molecule has 1 amide bonds. The summed E-state index contributed by atoms with van der Waals surface area (Å²) in [6.45, 7) is 4.24. The lowest BCUT2D eigenvalue weighted by Crippen LogP contribution is -2.19. The number of anilines is 1. The molecule has 1 saturated carbocycles. The van der Waals surface area contributed by atoms with Crippen molar-refractivity contribution in [3.05, 3.63) is 65.5 Å². The summed E-state index contributed by atoms with van der Waals surface area (Å²) in [5.74, 6) is 1.93. The van der Waals surface area contributed by atoms with Crippen molar-refractivity contribution < 1.29 is 9.21 Å². The van der Waals surface area contributed by atoms with Gasteiger partial charge in [-0.2, -0.15) is 5.26 Å². The number of carbonyl (C=O) groups excluding carboxylic acids is 1. The molecule has 0 unspecified atom stereocenters. The molecular formula is C24H23N7O2S. The molecule has 4 heterocycles. The van der Waals surface area contributed by atoms with E-state index in [2.05, 4.69) is 31.1 Å². The molecule has 1 fully saturated rings. The maximum Gasteiger partial charge on any atom is 0.235 e. The van der Waals surface area contributed by atoms with E-state index in [0.29, 0.717) is 29.1 Å². The van der Waals surface area contributed by atoms with E-state index in [1.807, 2.05) is 42.7 Å². The van der Waals surface area contributed by atoms with Crippen molar-refractivity contribution in [1.29, 1.82) is 5.26 Å². The molecule has 0 saturated heterocycles. The minimum absolute atomic E-state index is 0.146. The average molecular weight is 474 g/mol. The van der Waals surface area contributed by atoms with Crippen LogP contribution in [0, 0.1) is 25.2 Å². The third-order valence-corrected chi connectivity index (χ3v) is 6.86. The van der Waals surface area contributed by atoms with E-state index < -0.39 is 0 Å². The molecule has 34 heavy (non-hydrogen) atoms. The van der Waals surface area contributed by atoms with Crippen LogP contribution < -0.4 is 5.32 Å². The van der Waals surface area contributed by atoms with Gasteiger partial charge >= 0.3 is 0 Å². The second-order valence-corrected chi connectivity index (χ2v) is 9.14. The second-order valence-electron chi connectivity index (χ2n) is 8.20. The maximum atomic E-state index is 13.0. The summed E-state index contributed by atoms with van der Waals surface area (Å²) in [4.78, 5) is 17.1. The van der Waals surface area contributed by atoms with Crippen LogP contribution in [0.25, 0.3) is 11.4 Å². The SMILES string of the molecule is Cc1c(C#N)c(NC(=O)CSc2nnc(-c3cccnc3)n2C2CC2)n(Cc2ccco2)c1C. The molecule has 10 heteroatoms. The summed E-state index contributed by atoms with van der Waals surface area (Å²) in [5, 5.41) is 22.1. The van der Waals surface area contributed by atoms with Crippen molar-refractivity contribution in [3.63, 3.8) is 0 Å². The van der Waals surface area contributed by atoms with Gasteiger partial charge in [0.1, 0.15) is 17.6 Å². The molecule has 4 aromatic rings. The first-order valence-electron chi connectivity index (χ1n) is 11.0. The highest BCUT2D eigenvalue weighted by atomic mass is 32.2. The number of nitrogens with one attached hydrogen (secondary N) is 1. The Morgan fingerprint density at radius 2 is 2.15 bits per heavy atom. The van der Waals surface area contributed by atoms with Crippen LogP contribution in [0.15, 0.2) is 52.5 Å². The lowest BCUT2D eigenvalue weighted by Gasteiger charge is -2.12. The van der Waals surface area contributed by atoms with Gasteiger partial charge < -0.3 is 14.3 Å². The zero-order valence-corrected chi connectivity index (χ0v) is 19.7. The Labute approximate surface area is 200 Å². The zero-order valence-electron chi connectivity index (χ0n) is 18.9. The number of rotatable bonds is 8. The average Bonchev–Trinajstić information content (AvgIpc) is 3.30. The first kappa shape index (κ1) is 22.0. The van der Waals surface area contributed by atoms with Gasteiger partial charge in [-0.3, -0.25) is 14.3 Å². The molecule has 0 radical (unpaired) electrons. The number of furan rings is 1. The van der Waals surface area contributed by atoms with Gasteiger partial charge in [0.05, 0.1) is 24.1 Å². The topological polar surface area (TPSA) is 115 Å². The van der Waals surface area contributed by atoms with Crippen molar-refractivity contribution in [2.75, 3.05) is 11.1 Å². The summed E-state index contributed by atoms with van der Waals surface area (Å²) < 4.78 is 9.48. The van der Waals surface area contributed by atoms with Gasteiger partial charge in [-0.15, -0.1) is 10.2 Å². The number of carbonyl (C=O) groups is 1. The number of thioether (sulfide) groups is 1. The smallest absolute Gasteiger partial charge is 0.235 e. The van der Waals surface area contributed by atoms with Gasteiger partial charge in [-0.25, -0.2) is 0 Å². The number of nitrogens with zero attached hydrogens (tertiary/aromatic N) is 6. The molecule has 1 N–H and O–H groups in total. The van der Waals surface area contributed by atoms with E-state index in [9.17, 15) is 10.1 Å². The van der Waals surface area contributed by atoms with E-state index in [1.54, 1.807) is 18.7 Å². The van der Waals surface area contributed by atoms with Gasteiger partial charge in [-0.05, 0) is 56.5 Å². The molecule has 4 aromatic heterocycles. The highest BCUT2D eigenvalue weighted by Crippen LogP contribution is 2.41. The summed E-state index contributed by atoms with van der Waals surface area (Å²) >= 11 is 1.34. The number of hydrogen-bond donors (Lipinski definition) is 1. The quantitative estimate of drug-likeness (QED) is 0.379. The number of hydrogen-bond acceptors (Lipinski definition) is 7. The molecule has 0 aliphatic heterocycles.